The van der Waals surface area contributed by atoms with Gasteiger partial charge in [-0.05, 0) is 68.4 Å². The second-order valence-corrected chi connectivity index (χ2v) is 12.3. The van der Waals surface area contributed by atoms with Crippen molar-refractivity contribution in [3.8, 4) is 0 Å². The van der Waals surface area contributed by atoms with Crippen LogP contribution in [0.15, 0.2) is 30.3 Å². The molecule has 0 bridgehead atoms. The van der Waals surface area contributed by atoms with Crippen molar-refractivity contribution in [2.45, 2.75) is 38.7 Å². The molecule has 0 radical (unpaired) electrons. The summed E-state index contributed by atoms with van der Waals surface area (Å²) < 4.78 is 46.9. The van der Waals surface area contributed by atoms with E-state index in [-0.39, 0.29) is 23.4 Å². The number of anilines is 4. The van der Waals surface area contributed by atoms with Crippen LogP contribution in [0.1, 0.15) is 43.0 Å². The van der Waals surface area contributed by atoms with Crippen molar-refractivity contribution in [2.24, 2.45) is 5.41 Å². The maximum absolute atomic E-state index is 14.6. The largest absolute Gasteiger partial charge is 0.480 e. The lowest BCUT2D eigenvalue weighted by molar-refractivity contribution is -0.134. The molecule has 3 heterocycles. The number of benzene rings is 1. The van der Waals surface area contributed by atoms with E-state index in [0.717, 1.165) is 12.8 Å². The number of hydrogen-bond acceptors (Lipinski definition) is 8. The minimum absolute atomic E-state index is 0.0773. The summed E-state index contributed by atoms with van der Waals surface area (Å²) in [7, 11) is -4.12. The third kappa shape index (κ3) is 6.41. The zero-order valence-corrected chi connectivity index (χ0v) is 22.5. The first-order chi connectivity index (χ1) is 18.5. The van der Waals surface area contributed by atoms with E-state index in [4.69, 9.17) is 9.84 Å². The Kier molecular flexibility index (Phi) is 7.38. The highest BCUT2D eigenvalue weighted by Gasteiger charge is 2.44. The molecular formula is C26H32FN5O6S. The van der Waals surface area contributed by atoms with Crippen LogP contribution in [-0.4, -0.2) is 75.0 Å². The molecular weight excluding hydrogens is 529 g/mol. The number of aliphatic carboxylic acids is 1. The topological polar surface area (TPSA) is 141 Å². The van der Waals surface area contributed by atoms with Crippen LogP contribution in [0.4, 0.5) is 27.4 Å². The molecule has 1 atom stereocenters. The highest BCUT2D eigenvalue weighted by atomic mass is 32.2. The molecule has 11 nitrogen and oxygen atoms in total. The van der Waals surface area contributed by atoms with Gasteiger partial charge in [0.05, 0.1) is 29.6 Å². The minimum atomic E-state index is -4.12. The molecule has 1 aromatic carbocycles. The predicted octanol–water partition coefficient (Wildman–Crippen LogP) is 2.90. The molecule has 2 aromatic rings. The number of sulfonamides is 1. The molecule has 3 aliphatic rings. The molecule has 13 heteroatoms. The van der Waals surface area contributed by atoms with Crippen molar-refractivity contribution in [2.75, 3.05) is 58.4 Å². The van der Waals surface area contributed by atoms with Crippen molar-refractivity contribution in [3.63, 3.8) is 0 Å². The molecule has 5 rings (SSSR count). The van der Waals surface area contributed by atoms with Gasteiger partial charge < -0.3 is 25.0 Å². The molecule has 39 heavy (non-hydrogen) atoms. The maximum atomic E-state index is 14.6. The summed E-state index contributed by atoms with van der Waals surface area (Å²) >= 11 is 0. The number of carboxylic acid groups (broad SMARTS) is 1. The number of carbonyl (C=O) groups is 2. The van der Waals surface area contributed by atoms with Gasteiger partial charge in [0.15, 0.2) is 17.4 Å². The van der Waals surface area contributed by atoms with E-state index in [9.17, 15) is 22.4 Å². The van der Waals surface area contributed by atoms with E-state index in [0.29, 0.717) is 49.5 Å². The first-order valence-corrected chi connectivity index (χ1v) is 14.6. The van der Waals surface area contributed by atoms with Crippen LogP contribution < -0.4 is 19.8 Å². The molecule has 1 aromatic heterocycles. The average molecular weight is 562 g/mol. The predicted molar refractivity (Wildman–Crippen MR) is 144 cm³/mol. The van der Waals surface area contributed by atoms with E-state index >= 15 is 0 Å². The Hall–Kier alpha value is -3.45. The third-order valence-corrected chi connectivity index (χ3v) is 8.73. The number of rotatable bonds is 8. The van der Waals surface area contributed by atoms with E-state index in [1.54, 1.807) is 11.0 Å². The number of nitrogens with zero attached hydrogens (tertiary/aromatic N) is 3. The molecule has 1 spiro atoms. The number of pyridine rings is 1. The van der Waals surface area contributed by atoms with Gasteiger partial charge in [-0.15, -0.1) is 0 Å². The van der Waals surface area contributed by atoms with Gasteiger partial charge in [0.2, 0.25) is 10.0 Å². The zero-order chi connectivity index (χ0) is 27.8. The fraction of sp³-hybridized carbons (Fsp3) is 0.500. The second kappa shape index (κ2) is 10.6. The SMILES string of the molecule is C[C@@H]1CN(c2nc(NC(=O)c3ccc(NS(=O)(=O)CC(=O)O)cc3N3CCC4(CC3)CC4)ccc2F)CCO1. The number of ether oxygens (including phenoxy) is 1. The van der Waals surface area contributed by atoms with Gasteiger partial charge in [-0.3, -0.25) is 14.3 Å². The first-order valence-electron chi connectivity index (χ1n) is 13.0. The lowest BCUT2D eigenvalue weighted by atomic mass is 9.93. The number of carbonyl (C=O) groups excluding carboxylic acids is 1. The molecule has 1 amide bonds. The van der Waals surface area contributed by atoms with Gasteiger partial charge in [-0.1, -0.05) is 0 Å². The number of hydrogen-bond donors (Lipinski definition) is 3. The monoisotopic (exact) mass is 561 g/mol. The van der Waals surface area contributed by atoms with E-state index in [2.05, 4.69) is 15.0 Å². The Morgan fingerprint density at radius 3 is 2.54 bits per heavy atom. The summed E-state index contributed by atoms with van der Waals surface area (Å²) in [5.41, 5.74) is 1.38. The number of piperidine rings is 1. The molecule has 1 saturated carbocycles. The molecule has 2 aliphatic heterocycles. The Labute approximate surface area is 226 Å². The van der Waals surface area contributed by atoms with Crippen LogP contribution in [0.25, 0.3) is 0 Å². The van der Waals surface area contributed by atoms with Gasteiger partial charge in [0.25, 0.3) is 5.91 Å². The van der Waals surface area contributed by atoms with Crippen LogP contribution in [0.3, 0.4) is 0 Å². The molecule has 210 valence electrons. The lowest BCUT2D eigenvalue weighted by Gasteiger charge is -2.35. The molecule has 3 fully saturated rings. The summed E-state index contributed by atoms with van der Waals surface area (Å²) in [6.07, 6.45) is 4.27. The van der Waals surface area contributed by atoms with Crippen LogP contribution in [0.2, 0.25) is 0 Å². The fourth-order valence-corrected chi connectivity index (χ4v) is 6.13. The van der Waals surface area contributed by atoms with Gasteiger partial charge in [-0.25, -0.2) is 17.8 Å². The minimum Gasteiger partial charge on any atom is -0.480 e. The Morgan fingerprint density at radius 1 is 1.13 bits per heavy atom. The Balaban J connectivity index is 1.40. The standard InChI is InChI=1S/C26H32FN5O6S/c1-17-15-32(12-13-38-17)24-20(27)4-5-22(28-24)29-25(35)19-3-2-18(30-39(36,37)16-23(33)34)14-21(19)31-10-8-26(6-7-26)9-11-31/h2-5,14,17,30H,6-13,15-16H2,1H3,(H,33,34)(H,28,29,35)/t17-/m1/s1. The van der Waals surface area contributed by atoms with Crippen molar-refractivity contribution < 1.29 is 32.2 Å². The van der Waals surface area contributed by atoms with E-state index < -0.39 is 33.5 Å². The van der Waals surface area contributed by atoms with E-state index in [1.165, 1.54) is 37.1 Å². The number of halogens is 1. The van der Waals surface area contributed by atoms with Gasteiger partial charge in [-0.2, -0.15) is 0 Å². The summed E-state index contributed by atoms with van der Waals surface area (Å²) in [4.78, 5) is 32.6. The Bertz CT molecular complexity index is 1370. The molecule has 0 unspecified atom stereocenters. The van der Waals surface area contributed by atoms with Crippen molar-refractivity contribution in [1.82, 2.24) is 4.98 Å². The van der Waals surface area contributed by atoms with Crippen LogP contribution in [0.5, 0.6) is 0 Å². The van der Waals surface area contributed by atoms with Crippen molar-refractivity contribution in [3.05, 3.63) is 41.7 Å². The quantitative estimate of drug-likeness (QED) is 0.444. The van der Waals surface area contributed by atoms with Crippen molar-refractivity contribution in [1.29, 1.82) is 0 Å². The van der Waals surface area contributed by atoms with Gasteiger partial charge in [0, 0.05) is 26.2 Å². The van der Waals surface area contributed by atoms with Crippen LogP contribution in [0, 0.1) is 11.2 Å². The highest BCUT2D eigenvalue weighted by Crippen LogP contribution is 2.54. The fourth-order valence-electron chi connectivity index (χ4n) is 5.24. The summed E-state index contributed by atoms with van der Waals surface area (Å²) in [6, 6.07) is 7.13. The lowest BCUT2D eigenvalue weighted by Crippen LogP contribution is -2.42. The van der Waals surface area contributed by atoms with E-state index in [1.807, 2.05) is 11.8 Å². The average Bonchev–Trinajstić information content (AvgIpc) is 3.63. The van der Waals surface area contributed by atoms with Crippen molar-refractivity contribution >= 4 is 44.9 Å². The third-order valence-electron chi connectivity index (χ3n) is 7.56. The maximum Gasteiger partial charge on any atom is 0.320 e. The number of morpholine rings is 1. The van der Waals surface area contributed by atoms with Gasteiger partial charge in [0.1, 0.15) is 5.82 Å². The molecule has 3 N–H and O–H groups in total. The normalized spacial score (nSPS) is 20.5. The molecule has 1 aliphatic carbocycles. The molecule has 2 saturated heterocycles. The van der Waals surface area contributed by atoms with Gasteiger partial charge >= 0.3 is 5.97 Å². The van der Waals surface area contributed by atoms with Crippen LogP contribution >= 0.6 is 0 Å². The summed E-state index contributed by atoms with van der Waals surface area (Å²) in [6.45, 7) is 4.71. The number of nitrogens with one attached hydrogen (secondary N) is 2. The Morgan fingerprint density at radius 2 is 1.87 bits per heavy atom. The smallest absolute Gasteiger partial charge is 0.320 e. The number of amides is 1. The summed E-state index contributed by atoms with van der Waals surface area (Å²) in [5, 5.41) is 11.7. The number of carboxylic acids is 1. The summed E-state index contributed by atoms with van der Waals surface area (Å²) in [5.74, 6) is -3.19. The van der Waals surface area contributed by atoms with Crippen LogP contribution in [-0.2, 0) is 19.6 Å². The highest BCUT2D eigenvalue weighted by molar-refractivity contribution is 7.93. The number of aromatic nitrogens is 1. The first kappa shape index (κ1) is 27.1. The zero-order valence-electron chi connectivity index (χ0n) is 21.7. The second-order valence-electron chi connectivity index (χ2n) is 10.6.